The summed E-state index contributed by atoms with van der Waals surface area (Å²) in [7, 11) is -3.67. The second-order valence-electron chi connectivity index (χ2n) is 7.36. The molecule has 30 heavy (non-hydrogen) atoms. The van der Waals surface area contributed by atoms with Crippen LogP contribution < -0.4 is 14.9 Å². The van der Waals surface area contributed by atoms with E-state index >= 15 is 0 Å². The fourth-order valence-electron chi connectivity index (χ4n) is 3.67. The number of para-hydroxylation sites is 1. The van der Waals surface area contributed by atoms with Crippen LogP contribution in [0.3, 0.4) is 0 Å². The first kappa shape index (κ1) is 20.5. The van der Waals surface area contributed by atoms with E-state index in [1.807, 2.05) is 25.1 Å². The predicted octanol–water partition coefficient (Wildman–Crippen LogP) is 2.71. The fourth-order valence-corrected chi connectivity index (χ4v) is 4.88. The van der Waals surface area contributed by atoms with Crippen molar-refractivity contribution in [3.63, 3.8) is 0 Å². The van der Waals surface area contributed by atoms with Crippen LogP contribution in [0.5, 0.6) is 0 Å². The molecule has 158 valence electrons. The van der Waals surface area contributed by atoms with Crippen molar-refractivity contribution in [3.8, 4) is 0 Å². The molecule has 2 aromatic heterocycles. The average Bonchev–Trinajstić information content (AvgIpc) is 2.76. The summed E-state index contributed by atoms with van der Waals surface area (Å²) in [5, 5.41) is 4.00. The molecule has 0 atom stereocenters. The normalized spacial score (nSPS) is 14.8. The molecule has 0 bridgehead atoms. The van der Waals surface area contributed by atoms with Crippen LogP contribution >= 0.6 is 0 Å². The van der Waals surface area contributed by atoms with E-state index in [9.17, 15) is 8.42 Å². The number of sulfonamides is 1. The summed E-state index contributed by atoms with van der Waals surface area (Å²) in [5.74, 6) is 2.32. The van der Waals surface area contributed by atoms with Crippen molar-refractivity contribution in [1.29, 1.82) is 0 Å². The highest BCUT2D eigenvalue weighted by Crippen LogP contribution is 2.21. The maximum atomic E-state index is 12.8. The lowest BCUT2D eigenvalue weighted by Gasteiger charge is -2.28. The standard InChI is InChI=1S/C21H26N6O2S/c1-16-25-19(15-20(26-16)27-13-3-2-4-14-27)22-11-12-24-30(28,29)18-9-5-7-17-8-6-10-23-21(17)18/h5-10,15,24H,2-4,11-14H2,1H3,(H,22,25,26). The van der Waals surface area contributed by atoms with Crippen molar-refractivity contribution < 1.29 is 8.42 Å². The van der Waals surface area contributed by atoms with E-state index in [-0.39, 0.29) is 11.4 Å². The number of piperidine rings is 1. The first-order chi connectivity index (χ1) is 14.5. The van der Waals surface area contributed by atoms with Crippen LogP contribution in [-0.2, 0) is 10.0 Å². The number of hydrogen-bond acceptors (Lipinski definition) is 7. The Hall–Kier alpha value is -2.78. The molecule has 0 amide bonds. The molecule has 0 unspecified atom stereocenters. The molecule has 1 fully saturated rings. The summed E-state index contributed by atoms with van der Waals surface area (Å²) >= 11 is 0. The zero-order valence-electron chi connectivity index (χ0n) is 17.0. The van der Waals surface area contributed by atoms with Crippen LogP contribution in [0.1, 0.15) is 25.1 Å². The van der Waals surface area contributed by atoms with Gasteiger partial charge in [-0.15, -0.1) is 0 Å². The maximum absolute atomic E-state index is 12.8. The Morgan fingerprint density at radius 3 is 2.67 bits per heavy atom. The van der Waals surface area contributed by atoms with Crippen LogP contribution in [-0.4, -0.2) is 49.5 Å². The van der Waals surface area contributed by atoms with Gasteiger partial charge in [0, 0.05) is 43.8 Å². The Balaban J connectivity index is 1.39. The van der Waals surface area contributed by atoms with E-state index in [0.29, 0.717) is 23.7 Å². The summed E-state index contributed by atoms with van der Waals surface area (Å²) in [6.45, 7) is 4.53. The molecule has 9 heteroatoms. The van der Waals surface area contributed by atoms with E-state index in [0.717, 1.165) is 24.3 Å². The number of benzene rings is 1. The number of aryl methyl sites for hydroxylation is 1. The molecule has 3 heterocycles. The van der Waals surface area contributed by atoms with Crippen molar-refractivity contribution in [2.24, 2.45) is 0 Å². The van der Waals surface area contributed by atoms with Gasteiger partial charge in [-0.25, -0.2) is 23.1 Å². The highest BCUT2D eigenvalue weighted by molar-refractivity contribution is 7.89. The fraction of sp³-hybridized carbons (Fsp3) is 0.381. The van der Waals surface area contributed by atoms with Gasteiger partial charge in [-0.1, -0.05) is 18.2 Å². The Labute approximate surface area is 176 Å². The molecule has 1 aliphatic heterocycles. The van der Waals surface area contributed by atoms with Gasteiger partial charge in [0.2, 0.25) is 10.0 Å². The van der Waals surface area contributed by atoms with E-state index < -0.39 is 10.0 Å². The molecule has 1 aliphatic rings. The van der Waals surface area contributed by atoms with Gasteiger partial charge in [-0.05, 0) is 38.3 Å². The van der Waals surface area contributed by atoms with Gasteiger partial charge in [-0.2, -0.15) is 0 Å². The van der Waals surface area contributed by atoms with Crippen molar-refractivity contribution in [2.45, 2.75) is 31.1 Å². The van der Waals surface area contributed by atoms with Crippen molar-refractivity contribution in [1.82, 2.24) is 19.7 Å². The molecular formula is C21H26N6O2S. The van der Waals surface area contributed by atoms with E-state index in [2.05, 4.69) is 29.9 Å². The third-order valence-corrected chi connectivity index (χ3v) is 6.61. The monoisotopic (exact) mass is 426 g/mol. The number of nitrogens with zero attached hydrogens (tertiary/aromatic N) is 4. The summed E-state index contributed by atoms with van der Waals surface area (Å²) in [4.78, 5) is 15.7. The molecular weight excluding hydrogens is 400 g/mol. The Morgan fingerprint density at radius 2 is 1.83 bits per heavy atom. The third kappa shape index (κ3) is 4.68. The number of rotatable bonds is 7. The minimum absolute atomic E-state index is 0.186. The minimum Gasteiger partial charge on any atom is -0.369 e. The minimum atomic E-state index is -3.67. The van der Waals surface area contributed by atoms with Gasteiger partial charge in [0.15, 0.2) is 0 Å². The van der Waals surface area contributed by atoms with E-state index in [4.69, 9.17) is 0 Å². The van der Waals surface area contributed by atoms with Crippen LogP contribution in [0, 0.1) is 6.92 Å². The number of hydrogen-bond donors (Lipinski definition) is 2. The largest absolute Gasteiger partial charge is 0.369 e. The first-order valence-electron chi connectivity index (χ1n) is 10.2. The molecule has 8 nitrogen and oxygen atoms in total. The van der Waals surface area contributed by atoms with E-state index in [1.165, 1.54) is 19.3 Å². The maximum Gasteiger partial charge on any atom is 0.242 e. The Kier molecular flexibility index (Phi) is 6.10. The van der Waals surface area contributed by atoms with Crippen molar-refractivity contribution in [3.05, 3.63) is 48.4 Å². The highest BCUT2D eigenvalue weighted by atomic mass is 32.2. The van der Waals surface area contributed by atoms with Gasteiger partial charge in [-0.3, -0.25) is 4.98 Å². The van der Waals surface area contributed by atoms with Gasteiger partial charge in [0.05, 0.1) is 5.52 Å². The Bertz CT molecular complexity index is 1120. The van der Waals surface area contributed by atoms with E-state index in [1.54, 1.807) is 24.4 Å². The molecule has 1 aromatic carbocycles. The molecule has 1 saturated heterocycles. The average molecular weight is 427 g/mol. The van der Waals surface area contributed by atoms with Gasteiger partial charge < -0.3 is 10.2 Å². The molecule has 4 rings (SSSR count). The SMILES string of the molecule is Cc1nc(NCCNS(=O)(=O)c2cccc3cccnc23)cc(N2CCCCC2)n1. The van der Waals surface area contributed by atoms with Crippen LogP contribution in [0.2, 0.25) is 0 Å². The van der Waals surface area contributed by atoms with Gasteiger partial charge in [0.1, 0.15) is 22.4 Å². The summed E-state index contributed by atoms with van der Waals surface area (Å²) in [6, 6.07) is 10.7. The third-order valence-electron chi connectivity index (χ3n) is 5.11. The van der Waals surface area contributed by atoms with Crippen LogP contribution in [0.4, 0.5) is 11.6 Å². The Morgan fingerprint density at radius 1 is 1.03 bits per heavy atom. The predicted molar refractivity (Wildman–Crippen MR) is 118 cm³/mol. The summed E-state index contributed by atoms with van der Waals surface area (Å²) < 4.78 is 28.2. The summed E-state index contributed by atoms with van der Waals surface area (Å²) in [6.07, 6.45) is 5.21. The number of anilines is 2. The number of pyridine rings is 1. The molecule has 0 spiro atoms. The number of aromatic nitrogens is 3. The van der Waals surface area contributed by atoms with Gasteiger partial charge >= 0.3 is 0 Å². The molecule has 0 radical (unpaired) electrons. The summed E-state index contributed by atoms with van der Waals surface area (Å²) in [5.41, 5.74) is 0.470. The van der Waals surface area contributed by atoms with Gasteiger partial charge in [0.25, 0.3) is 0 Å². The topological polar surface area (TPSA) is 100 Å². The lowest BCUT2D eigenvalue weighted by atomic mass is 10.1. The zero-order valence-corrected chi connectivity index (χ0v) is 17.8. The number of fused-ring (bicyclic) bond motifs is 1. The molecule has 2 N–H and O–H groups in total. The first-order valence-corrected chi connectivity index (χ1v) is 11.7. The molecule has 3 aromatic rings. The van der Waals surface area contributed by atoms with Crippen molar-refractivity contribution in [2.75, 3.05) is 36.4 Å². The lowest BCUT2D eigenvalue weighted by Crippen LogP contribution is -2.31. The second-order valence-corrected chi connectivity index (χ2v) is 9.10. The quantitative estimate of drug-likeness (QED) is 0.560. The highest BCUT2D eigenvalue weighted by Gasteiger charge is 2.18. The van der Waals surface area contributed by atoms with Crippen LogP contribution in [0.25, 0.3) is 10.9 Å². The zero-order chi connectivity index (χ0) is 21.0. The van der Waals surface area contributed by atoms with Crippen LogP contribution in [0.15, 0.2) is 47.5 Å². The molecule has 0 saturated carbocycles. The number of nitrogens with one attached hydrogen (secondary N) is 2. The smallest absolute Gasteiger partial charge is 0.242 e. The lowest BCUT2D eigenvalue weighted by molar-refractivity contribution is 0.572. The van der Waals surface area contributed by atoms with Crippen molar-refractivity contribution >= 4 is 32.6 Å². The second kappa shape index (κ2) is 8.93. The molecule has 0 aliphatic carbocycles.